The molecule has 2 aromatic heterocycles. The van der Waals surface area contributed by atoms with Crippen molar-refractivity contribution in [2.24, 2.45) is 0 Å². The maximum absolute atomic E-state index is 2.53. The summed E-state index contributed by atoms with van der Waals surface area (Å²) >= 11 is 1.94. The second kappa shape index (κ2) is 12.9. The van der Waals surface area contributed by atoms with Gasteiger partial charge in [-0.3, -0.25) is 0 Å². The van der Waals surface area contributed by atoms with Gasteiger partial charge in [0.1, 0.15) is 0 Å². The molecule has 55 heavy (non-hydrogen) atoms. The van der Waals surface area contributed by atoms with Gasteiger partial charge in [0.2, 0.25) is 0 Å². The van der Waals surface area contributed by atoms with Gasteiger partial charge in [0.25, 0.3) is 0 Å². The smallest absolute Gasteiger partial charge is 0.0633 e. The first-order chi connectivity index (χ1) is 27.3. The summed E-state index contributed by atoms with van der Waals surface area (Å²) in [6.07, 6.45) is 0. The fraction of sp³-hybridized carbons (Fsp3) is 0. The van der Waals surface area contributed by atoms with Crippen LogP contribution in [0.15, 0.2) is 206 Å². The van der Waals surface area contributed by atoms with Crippen LogP contribution in [0.1, 0.15) is 0 Å². The van der Waals surface area contributed by atoms with Crippen LogP contribution in [0.2, 0.25) is 0 Å². The largest absolute Gasteiger partial charge is 0.310 e. The van der Waals surface area contributed by atoms with Crippen molar-refractivity contribution < 1.29 is 0 Å². The Morgan fingerprint density at radius 1 is 0.382 bits per heavy atom. The molecule has 0 aliphatic heterocycles. The first-order valence-corrected chi connectivity index (χ1v) is 19.6. The Kier molecular flexibility index (Phi) is 7.39. The maximum atomic E-state index is 2.53. The lowest BCUT2D eigenvalue weighted by molar-refractivity contribution is 1.18. The van der Waals surface area contributed by atoms with Gasteiger partial charge in [-0.1, -0.05) is 158 Å². The number of hydrogen-bond acceptors (Lipinski definition) is 2. The van der Waals surface area contributed by atoms with E-state index in [1.807, 2.05) is 11.3 Å². The number of para-hydroxylation sites is 3. The van der Waals surface area contributed by atoms with Gasteiger partial charge in [0.05, 0.1) is 11.0 Å². The Bertz CT molecular complexity index is 3130. The highest BCUT2D eigenvalue weighted by Gasteiger charge is 2.28. The van der Waals surface area contributed by atoms with Gasteiger partial charge in [0.15, 0.2) is 0 Å². The summed E-state index contributed by atoms with van der Waals surface area (Å²) in [5.41, 5.74) is 11.8. The Hall–Kier alpha value is -6.94. The van der Waals surface area contributed by atoms with E-state index in [2.05, 4.69) is 216 Å². The molecule has 9 aromatic carbocycles. The zero-order chi connectivity index (χ0) is 36.3. The average Bonchev–Trinajstić information content (AvgIpc) is 3.81. The standard InChI is InChI=1S/C52H34N2S/c1-6-19-36(20-7-1)46-49-44-32-30-35-18-16-17-29-42(35)51(44)55-52(49)47(37-21-8-2-9-22-37)48-43-33-31-41(34-45(43)54(50(46)48)40-27-14-5-15-28-40)53(38-23-10-3-11-24-38)39-25-12-4-13-26-39/h1-34H. The molecule has 0 saturated heterocycles. The summed E-state index contributed by atoms with van der Waals surface area (Å²) in [7, 11) is 0. The lowest BCUT2D eigenvalue weighted by atomic mass is 9.90. The van der Waals surface area contributed by atoms with Gasteiger partial charge in [-0.05, 0) is 70.4 Å². The van der Waals surface area contributed by atoms with Crippen molar-refractivity contribution in [3.63, 3.8) is 0 Å². The van der Waals surface area contributed by atoms with E-state index in [-0.39, 0.29) is 0 Å². The van der Waals surface area contributed by atoms with Crippen LogP contribution in [-0.4, -0.2) is 4.57 Å². The van der Waals surface area contributed by atoms with Gasteiger partial charge >= 0.3 is 0 Å². The quantitative estimate of drug-likeness (QED) is 0.166. The predicted octanol–water partition coefficient (Wildman–Crippen LogP) is 15.1. The number of nitrogens with zero attached hydrogens (tertiary/aromatic N) is 2. The number of aromatic nitrogens is 1. The molecule has 0 aliphatic rings. The molecular weight excluding hydrogens is 685 g/mol. The molecule has 0 bridgehead atoms. The maximum Gasteiger partial charge on any atom is 0.0633 e. The highest BCUT2D eigenvalue weighted by atomic mass is 32.1. The highest BCUT2D eigenvalue weighted by molar-refractivity contribution is 7.27. The summed E-state index contributed by atoms with van der Waals surface area (Å²) in [5.74, 6) is 0. The Balaban J connectivity index is 1.38. The van der Waals surface area contributed by atoms with E-state index >= 15 is 0 Å². The van der Waals surface area contributed by atoms with Crippen LogP contribution >= 0.6 is 11.3 Å². The van der Waals surface area contributed by atoms with E-state index in [0.717, 1.165) is 28.3 Å². The summed E-state index contributed by atoms with van der Waals surface area (Å²) < 4.78 is 5.17. The molecule has 0 saturated carbocycles. The zero-order valence-electron chi connectivity index (χ0n) is 29.9. The van der Waals surface area contributed by atoms with Gasteiger partial charge < -0.3 is 9.47 Å². The number of hydrogen-bond donors (Lipinski definition) is 0. The van der Waals surface area contributed by atoms with Crippen molar-refractivity contribution in [2.75, 3.05) is 4.90 Å². The third-order valence-electron chi connectivity index (χ3n) is 10.9. The normalized spacial score (nSPS) is 11.6. The van der Waals surface area contributed by atoms with Crippen molar-refractivity contribution in [2.45, 2.75) is 0 Å². The lowest BCUT2D eigenvalue weighted by Crippen LogP contribution is -2.09. The Morgan fingerprint density at radius 3 is 1.58 bits per heavy atom. The summed E-state index contributed by atoms with van der Waals surface area (Å²) in [5, 5.41) is 7.65. The van der Waals surface area contributed by atoms with E-state index in [9.17, 15) is 0 Å². The first kappa shape index (κ1) is 31.6. The van der Waals surface area contributed by atoms with Crippen LogP contribution in [0.25, 0.3) is 80.7 Å². The monoisotopic (exact) mass is 718 g/mol. The molecule has 0 radical (unpaired) electrons. The third-order valence-corrected chi connectivity index (χ3v) is 12.2. The second-order valence-corrected chi connectivity index (χ2v) is 15.1. The van der Waals surface area contributed by atoms with E-state index in [1.165, 1.54) is 69.5 Å². The molecule has 11 rings (SSSR count). The van der Waals surface area contributed by atoms with Gasteiger partial charge in [0, 0.05) is 64.8 Å². The fourth-order valence-corrected chi connectivity index (χ4v) is 10.0. The first-order valence-electron chi connectivity index (χ1n) is 18.8. The van der Waals surface area contributed by atoms with E-state index in [1.54, 1.807) is 0 Å². The van der Waals surface area contributed by atoms with Crippen LogP contribution < -0.4 is 4.90 Å². The number of rotatable bonds is 6. The number of benzene rings is 9. The van der Waals surface area contributed by atoms with Crippen molar-refractivity contribution >= 4 is 81.1 Å². The average molecular weight is 719 g/mol. The van der Waals surface area contributed by atoms with Crippen LogP contribution in [0.5, 0.6) is 0 Å². The molecule has 0 unspecified atom stereocenters. The van der Waals surface area contributed by atoms with Crippen molar-refractivity contribution in [1.29, 1.82) is 0 Å². The van der Waals surface area contributed by atoms with Gasteiger partial charge in [-0.15, -0.1) is 11.3 Å². The van der Waals surface area contributed by atoms with Crippen molar-refractivity contribution in [3.8, 4) is 27.9 Å². The van der Waals surface area contributed by atoms with Crippen LogP contribution in [0.4, 0.5) is 17.1 Å². The Morgan fingerprint density at radius 2 is 0.927 bits per heavy atom. The highest BCUT2D eigenvalue weighted by Crippen LogP contribution is 2.54. The molecule has 0 fully saturated rings. The van der Waals surface area contributed by atoms with E-state index in [4.69, 9.17) is 0 Å². The summed E-state index contributed by atoms with van der Waals surface area (Å²) in [4.78, 5) is 2.36. The molecule has 0 N–H and O–H groups in total. The lowest BCUT2D eigenvalue weighted by Gasteiger charge is -2.25. The van der Waals surface area contributed by atoms with Crippen LogP contribution in [-0.2, 0) is 0 Å². The topological polar surface area (TPSA) is 8.17 Å². The fourth-order valence-electron chi connectivity index (χ4n) is 8.60. The number of anilines is 3. The van der Waals surface area contributed by atoms with Gasteiger partial charge in [-0.2, -0.15) is 0 Å². The molecule has 0 amide bonds. The molecular formula is C52H34N2S. The molecule has 258 valence electrons. The minimum Gasteiger partial charge on any atom is -0.310 e. The molecule has 11 aromatic rings. The summed E-state index contributed by atoms with van der Waals surface area (Å²) in [6.45, 7) is 0. The molecule has 3 heteroatoms. The number of thiophene rings is 1. The minimum atomic E-state index is 1.10. The van der Waals surface area contributed by atoms with E-state index in [0.29, 0.717) is 0 Å². The van der Waals surface area contributed by atoms with Crippen LogP contribution in [0, 0.1) is 0 Å². The predicted molar refractivity (Wildman–Crippen MR) is 237 cm³/mol. The summed E-state index contributed by atoms with van der Waals surface area (Å²) in [6, 6.07) is 74.9. The van der Waals surface area contributed by atoms with Crippen LogP contribution in [0.3, 0.4) is 0 Å². The molecule has 2 heterocycles. The third kappa shape index (κ3) is 5.01. The zero-order valence-corrected chi connectivity index (χ0v) is 30.7. The van der Waals surface area contributed by atoms with E-state index < -0.39 is 0 Å². The number of fused-ring (bicyclic) bond motifs is 8. The SMILES string of the molecule is c1ccc(-c2c3sc4c5ccccc5ccc4c3c(-c3ccccc3)c3c2c2ccc(N(c4ccccc4)c4ccccc4)cc2n3-c2ccccc2)cc1. The Labute approximate surface area is 323 Å². The van der Waals surface area contributed by atoms with Gasteiger partial charge in [-0.25, -0.2) is 0 Å². The van der Waals surface area contributed by atoms with Crippen molar-refractivity contribution in [1.82, 2.24) is 4.57 Å². The molecule has 0 atom stereocenters. The molecule has 0 spiro atoms. The molecule has 2 nitrogen and oxygen atoms in total. The van der Waals surface area contributed by atoms with Crippen molar-refractivity contribution in [3.05, 3.63) is 206 Å². The molecule has 0 aliphatic carbocycles. The minimum absolute atomic E-state index is 1.10. The second-order valence-electron chi connectivity index (χ2n) is 14.1.